The molecule has 5 nitrogen and oxygen atoms in total. The number of nitrogens with zero attached hydrogens (tertiary/aromatic N) is 1. The molecule has 30 heavy (non-hydrogen) atoms. The molecular weight excluding hydrogens is 376 g/mol. The molecule has 4 rings (SSSR count). The maximum Gasteiger partial charge on any atom is 0.337 e. The van der Waals surface area contributed by atoms with Gasteiger partial charge in [0, 0.05) is 22.8 Å². The molecule has 1 aromatic heterocycles. The molecule has 0 aliphatic rings. The number of hydrogen-bond donors (Lipinski definition) is 2. The molecule has 0 unspecified atom stereocenters. The maximum atomic E-state index is 13.0. The van der Waals surface area contributed by atoms with Crippen LogP contribution in [-0.2, 0) is 0 Å². The van der Waals surface area contributed by atoms with Crippen LogP contribution < -0.4 is 5.32 Å². The van der Waals surface area contributed by atoms with Crippen LogP contribution in [0.15, 0.2) is 72.9 Å². The van der Waals surface area contributed by atoms with Gasteiger partial charge in [0.1, 0.15) is 0 Å². The van der Waals surface area contributed by atoms with Crippen molar-refractivity contribution < 1.29 is 14.7 Å². The van der Waals surface area contributed by atoms with Crippen molar-refractivity contribution in [3.05, 3.63) is 95.2 Å². The number of carboxylic acids is 1. The lowest BCUT2D eigenvalue weighted by atomic mass is 9.96. The molecule has 2 N–H and O–H groups in total. The number of benzene rings is 3. The number of carboxylic acid groups (broad SMARTS) is 1. The van der Waals surface area contributed by atoms with Crippen LogP contribution in [0.2, 0.25) is 0 Å². The Hall–Kier alpha value is -3.99. The highest BCUT2D eigenvalue weighted by atomic mass is 16.4. The lowest BCUT2D eigenvalue weighted by Crippen LogP contribution is -2.13. The number of aromatic carboxylic acids is 1. The van der Waals surface area contributed by atoms with Crippen LogP contribution in [0, 0.1) is 13.8 Å². The number of aryl methyl sites for hydroxylation is 2. The van der Waals surface area contributed by atoms with Gasteiger partial charge in [0.2, 0.25) is 0 Å². The van der Waals surface area contributed by atoms with Gasteiger partial charge in [0.25, 0.3) is 5.91 Å². The number of aromatic nitrogens is 1. The van der Waals surface area contributed by atoms with Gasteiger partial charge in [-0.3, -0.25) is 9.78 Å². The van der Waals surface area contributed by atoms with Gasteiger partial charge in [-0.05, 0) is 60.4 Å². The minimum absolute atomic E-state index is 0.126. The highest BCUT2D eigenvalue weighted by molar-refractivity contribution is 6.09. The average molecular weight is 396 g/mol. The van der Waals surface area contributed by atoms with Crippen LogP contribution in [0.3, 0.4) is 0 Å². The Kier molecular flexibility index (Phi) is 5.02. The van der Waals surface area contributed by atoms with E-state index in [0.29, 0.717) is 22.2 Å². The molecule has 1 heterocycles. The van der Waals surface area contributed by atoms with Gasteiger partial charge >= 0.3 is 5.97 Å². The van der Waals surface area contributed by atoms with E-state index in [-0.39, 0.29) is 11.5 Å². The predicted molar refractivity (Wildman–Crippen MR) is 118 cm³/mol. The molecule has 1 amide bonds. The Balaban J connectivity index is 1.65. The first-order chi connectivity index (χ1) is 14.4. The molecule has 0 spiro atoms. The predicted octanol–water partition coefficient (Wildman–Crippen LogP) is 5.47. The molecule has 0 radical (unpaired) electrons. The topological polar surface area (TPSA) is 79.3 Å². The van der Waals surface area contributed by atoms with Crippen LogP contribution in [0.4, 0.5) is 5.69 Å². The Bertz CT molecular complexity index is 1290. The maximum absolute atomic E-state index is 13.0. The summed E-state index contributed by atoms with van der Waals surface area (Å²) < 4.78 is 0. The number of nitrogens with one attached hydrogen (secondary N) is 1. The van der Waals surface area contributed by atoms with Crippen LogP contribution in [0.5, 0.6) is 0 Å². The third-order valence-electron chi connectivity index (χ3n) is 5.18. The molecule has 0 aliphatic heterocycles. The summed E-state index contributed by atoms with van der Waals surface area (Å²) in [5.74, 6) is -1.24. The van der Waals surface area contributed by atoms with E-state index in [1.807, 2.05) is 24.3 Å². The van der Waals surface area contributed by atoms with E-state index >= 15 is 0 Å². The number of carbonyl (C=O) groups is 2. The lowest BCUT2D eigenvalue weighted by molar-refractivity contribution is 0.0696. The van der Waals surface area contributed by atoms with Gasteiger partial charge in [-0.25, -0.2) is 4.79 Å². The fourth-order valence-corrected chi connectivity index (χ4v) is 3.36. The monoisotopic (exact) mass is 396 g/mol. The van der Waals surface area contributed by atoms with E-state index < -0.39 is 5.97 Å². The summed E-state index contributed by atoms with van der Waals surface area (Å²) >= 11 is 0. The number of amides is 1. The molecular formula is C25H20N2O3. The highest BCUT2D eigenvalue weighted by Gasteiger charge is 2.14. The van der Waals surface area contributed by atoms with Gasteiger partial charge in [-0.1, -0.05) is 42.5 Å². The van der Waals surface area contributed by atoms with Gasteiger partial charge in [0.15, 0.2) is 0 Å². The molecule has 0 saturated carbocycles. The summed E-state index contributed by atoms with van der Waals surface area (Å²) in [6.45, 7) is 4.12. The third kappa shape index (κ3) is 3.78. The second-order valence-electron chi connectivity index (χ2n) is 7.24. The zero-order valence-corrected chi connectivity index (χ0v) is 16.6. The smallest absolute Gasteiger partial charge is 0.337 e. The molecule has 148 valence electrons. The van der Waals surface area contributed by atoms with Crippen LogP contribution in [0.25, 0.3) is 22.0 Å². The van der Waals surface area contributed by atoms with Crippen LogP contribution >= 0.6 is 0 Å². The molecule has 5 heteroatoms. The van der Waals surface area contributed by atoms with E-state index in [9.17, 15) is 9.59 Å². The van der Waals surface area contributed by atoms with Gasteiger partial charge in [-0.15, -0.1) is 0 Å². The van der Waals surface area contributed by atoms with E-state index in [0.717, 1.165) is 11.1 Å². The Morgan fingerprint density at radius 2 is 1.70 bits per heavy atom. The summed E-state index contributed by atoms with van der Waals surface area (Å²) in [7, 11) is 0. The molecule has 0 saturated heterocycles. The summed E-state index contributed by atoms with van der Waals surface area (Å²) in [4.78, 5) is 28.3. The number of anilines is 1. The van der Waals surface area contributed by atoms with Crippen molar-refractivity contribution in [1.29, 1.82) is 0 Å². The van der Waals surface area contributed by atoms with Crippen molar-refractivity contribution in [1.82, 2.24) is 4.98 Å². The molecule has 0 bridgehead atoms. The van der Waals surface area contributed by atoms with Crippen molar-refractivity contribution in [3.8, 4) is 11.1 Å². The summed E-state index contributed by atoms with van der Waals surface area (Å²) in [6.07, 6.45) is 1.31. The summed E-state index contributed by atoms with van der Waals surface area (Å²) in [5, 5.41) is 12.7. The fourth-order valence-electron chi connectivity index (χ4n) is 3.36. The zero-order valence-electron chi connectivity index (χ0n) is 16.6. The van der Waals surface area contributed by atoms with E-state index in [1.165, 1.54) is 17.3 Å². The third-order valence-corrected chi connectivity index (χ3v) is 5.18. The van der Waals surface area contributed by atoms with E-state index in [4.69, 9.17) is 5.11 Å². The molecule has 0 aliphatic carbocycles. The SMILES string of the molecule is Cc1ccc(-c2ccccc2C(=O)Nc2ccc3cc(C(=O)O)cnc3c2)cc1C. The number of hydrogen-bond acceptors (Lipinski definition) is 3. The van der Waals surface area contributed by atoms with Crippen molar-refractivity contribution in [2.45, 2.75) is 13.8 Å². The summed E-state index contributed by atoms with van der Waals surface area (Å²) in [5.41, 5.74) is 6.14. The molecule has 3 aromatic carbocycles. The molecule has 0 fully saturated rings. The van der Waals surface area contributed by atoms with E-state index in [2.05, 4.69) is 36.3 Å². The van der Waals surface area contributed by atoms with Gasteiger partial charge in [0.05, 0.1) is 11.1 Å². The fraction of sp³-hybridized carbons (Fsp3) is 0.0800. The first-order valence-corrected chi connectivity index (χ1v) is 9.53. The Labute approximate surface area is 174 Å². The summed E-state index contributed by atoms with van der Waals surface area (Å²) in [6, 6.07) is 20.5. The minimum Gasteiger partial charge on any atom is -0.478 e. The van der Waals surface area contributed by atoms with E-state index in [1.54, 1.807) is 30.3 Å². The van der Waals surface area contributed by atoms with Gasteiger partial charge in [-0.2, -0.15) is 0 Å². The van der Waals surface area contributed by atoms with Gasteiger partial charge < -0.3 is 10.4 Å². The molecule has 4 aromatic rings. The number of fused-ring (bicyclic) bond motifs is 1. The second-order valence-corrected chi connectivity index (χ2v) is 7.24. The normalized spacial score (nSPS) is 10.7. The average Bonchev–Trinajstić information content (AvgIpc) is 2.75. The number of carbonyl (C=O) groups excluding carboxylic acids is 1. The van der Waals surface area contributed by atoms with Crippen molar-refractivity contribution >= 4 is 28.5 Å². The molecule has 0 atom stereocenters. The first-order valence-electron chi connectivity index (χ1n) is 9.53. The first kappa shape index (κ1) is 19.3. The Morgan fingerprint density at radius 3 is 2.47 bits per heavy atom. The quantitative estimate of drug-likeness (QED) is 0.479. The number of pyridine rings is 1. The standard InChI is InChI=1S/C25H20N2O3/c1-15-7-8-17(11-16(15)2)21-5-3-4-6-22(21)24(28)27-20-10-9-18-12-19(25(29)30)14-26-23(18)13-20/h3-14H,1-2H3,(H,27,28)(H,29,30). The zero-order chi connectivity index (χ0) is 21.3. The Morgan fingerprint density at radius 1 is 0.900 bits per heavy atom. The van der Waals surface area contributed by atoms with Crippen molar-refractivity contribution in [3.63, 3.8) is 0 Å². The lowest BCUT2D eigenvalue weighted by Gasteiger charge is -2.12. The largest absolute Gasteiger partial charge is 0.478 e. The minimum atomic E-state index is -1.02. The highest BCUT2D eigenvalue weighted by Crippen LogP contribution is 2.27. The van der Waals surface area contributed by atoms with Crippen molar-refractivity contribution in [2.24, 2.45) is 0 Å². The van der Waals surface area contributed by atoms with Crippen molar-refractivity contribution in [2.75, 3.05) is 5.32 Å². The number of rotatable bonds is 4. The second kappa shape index (κ2) is 7.79. The van der Waals surface area contributed by atoms with Crippen LogP contribution in [-0.4, -0.2) is 22.0 Å². The van der Waals surface area contributed by atoms with Crippen LogP contribution in [0.1, 0.15) is 31.8 Å².